The minimum atomic E-state index is 0.00674. The summed E-state index contributed by atoms with van der Waals surface area (Å²) in [7, 11) is 3.22. The van der Waals surface area contributed by atoms with E-state index in [9.17, 15) is 4.79 Å². The van der Waals surface area contributed by atoms with E-state index in [1.807, 2.05) is 6.92 Å². The van der Waals surface area contributed by atoms with Crippen molar-refractivity contribution < 1.29 is 19.0 Å². The summed E-state index contributed by atoms with van der Waals surface area (Å²) in [5.41, 5.74) is 0.615. The molecule has 0 aliphatic rings. The quantitative estimate of drug-likeness (QED) is 0.700. The van der Waals surface area contributed by atoms with E-state index in [1.54, 1.807) is 32.4 Å². The molecule has 1 atom stereocenters. The number of carbonyl (C=O) groups excluding carboxylic acids is 1. The first kappa shape index (κ1) is 14.5. The van der Waals surface area contributed by atoms with Crippen LogP contribution >= 0.6 is 0 Å². The first-order valence-electron chi connectivity index (χ1n) is 5.93. The van der Waals surface area contributed by atoms with E-state index in [0.717, 1.165) is 6.42 Å². The third kappa shape index (κ3) is 4.04. The van der Waals surface area contributed by atoms with E-state index in [0.29, 0.717) is 23.7 Å². The minimum absolute atomic E-state index is 0.00674. The van der Waals surface area contributed by atoms with Gasteiger partial charge in [-0.3, -0.25) is 4.79 Å². The predicted molar refractivity (Wildman–Crippen MR) is 69.6 cm³/mol. The zero-order valence-corrected chi connectivity index (χ0v) is 11.4. The zero-order chi connectivity index (χ0) is 13.5. The van der Waals surface area contributed by atoms with Crippen molar-refractivity contribution in [3.05, 3.63) is 23.8 Å². The van der Waals surface area contributed by atoms with Crippen LogP contribution in [0.4, 0.5) is 0 Å². The second kappa shape index (κ2) is 7.01. The Bertz CT molecular complexity index is 401. The normalized spacial score (nSPS) is 12.0. The number of ether oxygens (including phenoxy) is 3. The molecule has 0 amide bonds. The second-order valence-corrected chi connectivity index (χ2v) is 4.13. The topological polar surface area (TPSA) is 44.8 Å². The monoisotopic (exact) mass is 252 g/mol. The SMILES string of the molecule is COCCC(C)Oc1ccc(C(C)=O)cc1OC. The van der Waals surface area contributed by atoms with Crippen LogP contribution in [-0.2, 0) is 4.74 Å². The van der Waals surface area contributed by atoms with E-state index in [-0.39, 0.29) is 11.9 Å². The summed E-state index contributed by atoms with van der Waals surface area (Å²) < 4.78 is 16.0. The van der Waals surface area contributed by atoms with E-state index < -0.39 is 0 Å². The molecule has 0 aliphatic carbocycles. The molecule has 0 heterocycles. The maximum atomic E-state index is 11.3. The standard InChI is InChI=1S/C14H20O4/c1-10(7-8-16-3)18-13-6-5-12(11(2)15)9-14(13)17-4/h5-6,9-10H,7-8H2,1-4H3. The molecule has 0 aliphatic heterocycles. The average molecular weight is 252 g/mol. The molecule has 1 aromatic rings. The van der Waals surface area contributed by atoms with Crippen LogP contribution in [0.15, 0.2) is 18.2 Å². The highest BCUT2D eigenvalue weighted by atomic mass is 16.5. The van der Waals surface area contributed by atoms with E-state index in [4.69, 9.17) is 14.2 Å². The first-order chi connectivity index (χ1) is 8.58. The summed E-state index contributed by atoms with van der Waals surface area (Å²) in [6.07, 6.45) is 0.829. The molecule has 0 bridgehead atoms. The van der Waals surface area contributed by atoms with Crippen LogP contribution in [0.2, 0.25) is 0 Å². The van der Waals surface area contributed by atoms with E-state index >= 15 is 0 Å². The fraction of sp³-hybridized carbons (Fsp3) is 0.500. The maximum absolute atomic E-state index is 11.3. The Labute approximate surface area is 108 Å². The van der Waals surface area contributed by atoms with Gasteiger partial charge in [0.05, 0.1) is 13.2 Å². The summed E-state index contributed by atoms with van der Waals surface area (Å²) >= 11 is 0. The van der Waals surface area contributed by atoms with Crippen molar-refractivity contribution in [1.29, 1.82) is 0 Å². The predicted octanol–water partition coefficient (Wildman–Crippen LogP) is 2.70. The molecule has 0 spiro atoms. The summed E-state index contributed by atoms with van der Waals surface area (Å²) in [4.78, 5) is 11.3. The number of rotatable bonds is 7. The second-order valence-electron chi connectivity index (χ2n) is 4.13. The van der Waals surface area contributed by atoms with Gasteiger partial charge in [-0.15, -0.1) is 0 Å². The molecule has 0 saturated carbocycles. The largest absolute Gasteiger partial charge is 0.493 e. The van der Waals surface area contributed by atoms with Crippen molar-refractivity contribution in [2.24, 2.45) is 0 Å². The molecule has 100 valence electrons. The van der Waals surface area contributed by atoms with Crippen LogP contribution in [0.25, 0.3) is 0 Å². The third-order valence-corrected chi connectivity index (χ3v) is 2.63. The van der Waals surface area contributed by atoms with E-state index in [2.05, 4.69) is 0 Å². The summed E-state index contributed by atoms with van der Waals surface area (Å²) in [6.45, 7) is 4.14. The van der Waals surface area contributed by atoms with Gasteiger partial charge in [-0.05, 0) is 32.0 Å². The fourth-order valence-corrected chi connectivity index (χ4v) is 1.54. The summed E-state index contributed by atoms with van der Waals surface area (Å²) in [5.74, 6) is 1.23. The lowest BCUT2D eigenvalue weighted by molar-refractivity contribution is 0.101. The molecular formula is C14H20O4. The van der Waals surface area contributed by atoms with Crippen molar-refractivity contribution in [2.75, 3.05) is 20.8 Å². The number of Topliss-reactive ketones (excluding diaryl/α,β-unsaturated/α-hetero) is 1. The Morgan fingerprint density at radius 3 is 2.56 bits per heavy atom. The van der Waals surface area contributed by atoms with Crippen molar-refractivity contribution >= 4 is 5.78 Å². The zero-order valence-electron chi connectivity index (χ0n) is 11.4. The van der Waals surface area contributed by atoms with Crippen molar-refractivity contribution in [2.45, 2.75) is 26.4 Å². The lowest BCUT2D eigenvalue weighted by Crippen LogP contribution is -2.14. The van der Waals surface area contributed by atoms with Gasteiger partial charge in [-0.1, -0.05) is 0 Å². The highest BCUT2D eigenvalue weighted by molar-refractivity contribution is 5.94. The molecule has 18 heavy (non-hydrogen) atoms. The lowest BCUT2D eigenvalue weighted by Gasteiger charge is -2.17. The van der Waals surface area contributed by atoms with Crippen LogP contribution in [0.3, 0.4) is 0 Å². The van der Waals surface area contributed by atoms with Gasteiger partial charge in [0.2, 0.25) is 0 Å². The van der Waals surface area contributed by atoms with Crippen LogP contribution in [0.5, 0.6) is 11.5 Å². The van der Waals surface area contributed by atoms with Crippen molar-refractivity contribution in [1.82, 2.24) is 0 Å². The molecule has 1 unspecified atom stereocenters. The third-order valence-electron chi connectivity index (χ3n) is 2.63. The molecule has 4 heteroatoms. The number of carbonyl (C=O) groups is 1. The van der Waals surface area contributed by atoms with Crippen LogP contribution in [0, 0.1) is 0 Å². The van der Waals surface area contributed by atoms with Gasteiger partial charge >= 0.3 is 0 Å². The average Bonchev–Trinajstić information content (AvgIpc) is 2.36. The van der Waals surface area contributed by atoms with Gasteiger partial charge in [0.25, 0.3) is 0 Å². The summed E-state index contributed by atoms with van der Waals surface area (Å²) in [6, 6.07) is 5.20. The van der Waals surface area contributed by atoms with Gasteiger partial charge in [0.15, 0.2) is 17.3 Å². The smallest absolute Gasteiger partial charge is 0.161 e. The number of ketones is 1. The summed E-state index contributed by atoms with van der Waals surface area (Å²) in [5, 5.41) is 0. The number of benzene rings is 1. The maximum Gasteiger partial charge on any atom is 0.161 e. The Morgan fingerprint density at radius 1 is 1.28 bits per heavy atom. The number of hydrogen-bond acceptors (Lipinski definition) is 4. The Morgan fingerprint density at radius 2 is 2.00 bits per heavy atom. The molecule has 0 radical (unpaired) electrons. The van der Waals surface area contributed by atoms with Crippen LogP contribution in [-0.4, -0.2) is 32.7 Å². The molecular weight excluding hydrogens is 232 g/mol. The number of methoxy groups -OCH3 is 2. The van der Waals surface area contributed by atoms with Crippen LogP contribution < -0.4 is 9.47 Å². The van der Waals surface area contributed by atoms with Gasteiger partial charge < -0.3 is 14.2 Å². The lowest BCUT2D eigenvalue weighted by atomic mass is 10.1. The molecule has 0 aromatic heterocycles. The van der Waals surface area contributed by atoms with Crippen molar-refractivity contribution in [3.63, 3.8) is 0 Å². The molecule has 1 aromatic carbocycles. The van der Waals surface area contributed by atoms with Gasteiger partial charge in [0.1, 0.15) is 0 Å². The molecule has 0 fully saturated rings. The minimum Gasteiger partial charge on any atom is -0.493 e. The van der Waals surface area contributed by atoms with Crippen molar-refractivity contribution in [3.8, 4) is 11.5 Å². The molecule has 4 nitrogen and oxygen atoms in total. The first-order valence-corrected chi connectivity index (χ1v) is 5.93. The molecule has 0 saturated heterocycles. The Balaban J connectivity index is 2.79. The Kier molecular flexibility index (Phi) is 5.65. The van der Waals surface area contributed by atoms with Crippen LogP contribution in [0.1, 0.15) is 30.6 Å². The molecule has 1 rings (SSSR count). The van der Waals surface area contributed by atoms with E-state index in [1.165, 1.54) is 6.92 Å². The molecule has 0 N–H and O–H groups in total. The highest BCUT2D eigenvalue weighted by Crippen LogP contribution is 2.29. The van der Waals surface area contributed by atoms with Gasteiger partial charge in [-0.25, -0.2) is 0 Å². The highest BCUT2D eigenvalue weighted by Gasteiger charge is 2.11. The van der Waals surface area contributed by atoms with Gasteiger partial charge in [0, 0.05) is 25.7 Å². The number of hydrogen-bond donors (Lipinski definition) is 0. The van der Waals surface area contributed by atoms with Gasteiger partial charge in [-0.2, -0.15) is 0 Å². The Hall–Kier alpha value is -1.55. The fourth-order valence-electron chi connectivity index (χ4n) is 1.54.